The van der Waals surface area contributed by atoms with Crippen molar-refractivity contribution in [3.8, 4) is 28.7 Å². The predicted molar refractivity (Wildman–Crippen MR) is 91.5 cm³/mol. The minimum atomic E-state index is 0.108. The second-order valence-corrected chi connectivity index (χ2v) is 5.35. The van der Waals surface area contributed by atoms with Gasteiger partial charge in [-0.25, -0.2) is 0 Å². The van der Waals surface area contributed by atoms with Gasteiger partial charge in [0.15, 0.2) is 23.0 Å². The fourth-order valence-electron chi connectivity index (χ4n) is 3.18. The van der Waals surface area contributed by atoms with Gasteiger partial charge in [0.2, 0.25) is 5.75 Å². The lowest BCUT2D eigenvalue weighted by Gasteiger charge is -2.18. The van der Waals surface area contributed by atoms with Crippen molar-refractivity contribution in [2.45, 2.75) is 6.42 Å². The number of phenols is 1. The number of phenolic OH excluding ortho intramolecular Hbond substituents is 1. The van der Waals surface area contributed by atoms with Gasteiger partial charge in [0.05, 0.1) is 28.4 Å². The van der Waals surface area contributed by atoms with Crippen LogP contribution < -0.4 is 18.9 Å². The summed E-state index contributed by atoms with van der Waals surface area (Å²) in [6.45, 7) is 0. The first kappa shape index (κ1) is 16.1. The van der Waals surface area contributed by atoms with E-state index in [1.54, 1.807) is 40.6 Å². The molecule has 0 fully saturated rings. The van der Waals surface area contributed by atoms with Gasteiger partial charge in [0, 0.05) is 11.1 Å². The molecule has 126 valence electrons. The third-order valence-corrected chi connectivity index (χ3v) is 4.22. The van der Waals surface area contributed by atoms with Crippen LogP contribution >= 0.6 is 0 Å². The highest BCUT2D eigenvalue weighted by Gasteiger charge is 2.27. The number of hydrogen-bond donors (Lipinski definition) is 1. The topological polar surface area (TPSA) is 57.2 Å². The number of rotatable bonds is 5. The second-order valence-electron chi connectivity index (χ2n) is 5.35. The first-order chi connectivity index (χ1) is 11.7. The van der Waals surface area contributed by atoms with E-state index in [2.05, 4.69) is 6.08 Å². The van der Waals surface area contributed by atoms with Gasteiger partial charge in [-0.15, -0.1) is 0 Å². The molecule has 0 atom stereocenters. The van der Waals surface area contributed by atoms with Crippen LogP contribution in [0.15, 0.2) is 30.3 Å². The van der Waals surface area contributed by atoms with E-state index >= 15 is 0 Å². The highest BCUT2D eigenvalue weighted by molar-refractivity contribution is 5.90. The van der Waals surface area contributed by atoms with Gasteiger partial charge >= 0.3 is 0 Å². The molecule has 0 amide bonds. The van der Waals surface area contributed by atoms with E-state index in [0.717, 1.165) is 22.3 Å². The summed E-state index contributed by atoms with van der Waals surface area (Å²) in [5.41, 5.74) is 3.80. The largest absolute Gasteiger partial charge is 0.504 e. The molecule has 1 aliphatic rings. The average Bonchev–Trinajstić information content (AvgIpc) is 3.02. The Hall–Kier alpha value is -2.82. The van der Waals surface area contributed by atoms with Gasteiger partial charge < -0.3 is 24.1 Å². The number of para-hydroxylation sites is 1. The van der Waals surface area contributed by atoms with Crippen molar-refractivity contribution in [1.82, 2.24) is 0 Å². The van der Waals surface area contributed by atoms with Crippen LogP contribution in [0.4, 0.5) is 0 Å². The summed E-state index contributed by atoms with van der Waals surface area (Å²) in [5, 5.41) is 10.1. The highest BCUT2D eigenvalue weighted by Crippen LogP contribution is 2.49. The van der Waals surface area contributed by atoms with Gasteiger partial charge in [-0.05, 0) is 29.7 Å². The van der Waals surface area contributed by atoms with Crippen molar-refractivity contribution in [1.29, 1.82) is 0 Å². The minimum absolute atomic E-state index is 0.108. The van der Waals surface area contributed by atoms with E-state index in [9.17, 15) is 5.11 Å². The molecule has 5 heteroatoms. The molecule has 0 radical (unpaired) electrons. The third kappa shape index (κ3) is 2.33. The molecule has 0 heterocycles. The summed E-state index contributed by atoms with van der Waals surface area (Å²) in [6.07, 6.45) is 2.79. The van der Waals surface area contributed by atoms with E-state index in [0.29, 0.717) is 29.4 Å². The Bertz CT molecular complexity index is 808. The maximum absolute atomic E-state index is 10.1. The Morgan fingerprint density at radius 1 is 0.833 bits per heavy atom. The predicted octanol–water partition coefficient (Wildman–Crippen LogP) is 3.41. The Labute approximate surface area is 141 Å². The van der Waals surface area contributed by atoms with Gasteiger partial charge in [-0.2, -0.15) is 0 Å². The quantitative estimate of drug-likeness (QED) is 0.911. The molecule has 1 N–H and O–H groups in total. The van der Waals surface area contributed by atoms with E-state index in [1.807, 2.05) is 12.1 Å². The molecule has 0 unspecified atom stereocenters. The van der Waals surface area contributed by atoms with E-state index < -0.39 is 0 Å². The van der Waals surface area contributed by atoms with Crippen LogP contribution in [0.1, 0.15) is 16.7 Å². The SMILES string of the molecule is COc1cc2c(c(OC)c1OC)CC=C2c1cccc(O)c1OC. The van der Waals surface area contributed by atoms with Crippen LogP contribution in [0.2, 0.25) is 0 Å². The third-order valence-electron chi connectivity index (χ3n) is 4.22. The number of aromatic hydroxyl groups is 1. The molecule has 1 aliphatic carbocycles. The maximum atomic E-state index is 10.1. The summed E-state index contributed by atoms with van der Waals surface area (Å²) < 4.78 is 21.9. The van der Waals surface area contributed by atoms with Crippen LogP contribution in [-0.4, -0.2) is 33.5 Å². The van der Waals surface area contributed by atoms with E-state index in [-0.39, 0.29) is 5.75 Å². The van der Waals surface area contributed by atoms with Crippen molar-refractivity contribution < 1.29 is 24.1 Å². The highest BCUT2D eigenvalue weighted by atomic mass is 16.5. The van der Waals surface area contributed by atoms with Gasteiger partial charge in [0.1, 0.15) is 0 Å². The lowest BCUT2D eigenvalue weighted by molar-refractivity contribution is 0.322. The average molecular weight is 328 g/mol. The zero-order valence-corrected chi connectivity index (χ0v) is 14.2. The van der Waals surface area contributed by atoms with Crippen molar-refractivity contribution >= 4 is 5.57 Å². The van der Waals surface area contributed by atoms with Crippen molar-refractivity contribution in [2.75, 3.05) is 28.4 Å². The summed E-state index contributed by atoms with van der Waals surface area (Å²) in [6, 6.07) is 7.25. The zero-order chi connectivity index (χ0) is 17.3. The molecule has 0 saturated carbocycles. The summed E-state index contributed by atoms with van der Waals surface area (Å²) in [5.74, 6) is 2.40. The minimum Gasteiger partial charge on any atom is -0.504 e. The zero-order valence-electron chi connectivity index (χ0n) is 14.2. The Morgan fingerprint density at radius 3 is 2.17 bits per heavy atom. The number of hydrogen-bond acceptors (Lipinski definition) is 5. The van der Waals surface area contributed by atoms with Crippen LogP contribution in [0.5, 0.6) is 28.7 Å². The molecule has 5 nitrogen and oxygen atoms in total. The van der Waals surface area contributed by atoms with Crippen LogP contribution in [-0.2, 0) is 6.42 Å². The molecule has 2 aromatic carbocycles. The first-order valence-corrected chi connectivity index (χ1v) is 7.54. The lowest BCUT2D eigenvalue weighted by Crippen LogP contribution is -2.00. The normalized spacial score (nSPS) is 12.4. The smallest absolute Gasteiger partial charge is 0.203 e. The van der Waals surface area contributed by atoms with Crippen molar-refractivity contribution in [3.63, 3.8) is 0 Å². The maximum Gasteiger partial charge on any atom is 0.203 e. The fourth-order valence-corrected chi connectivity index (χ4v) is 3.18. The summed E-state index contributed by atoms with van der Waals surface area (Å²) in [4.78, 5) is 0. The molecule has 0 saturated heterocycles. The Kier molecular flexibility index (Phi) is 4.25. The number of ether oxygens (including phenoxy) is 4. The molecular formula is C19H20O5. The van der Waals surface area contributed by atoms with Crippen molar-refractivity contribution in [3.05, 3.63) is 47.0 Å². The molecule has 0 bridgehead atoms. The molecule has 3 rings (SSSR count). The van der Waals surface area contributed by atoms with Gasteiger partial charge in [0.25, 0.3) is 0 Å². The molecule has 2 aromatic rings. The Balaban J connectivity index is 2.21. The fraction of sp³-hybridized carbons (Fsp3) is 0.263. The monoisotopic (exact) mass is 328 g/mol. The molecule has 0 spiro atoms. The van der Waals surface area contributed by atoms with E-state index in [4.69, 9.17) is 18.9 Å². The van der Waals surface area contributed by atoms with Crippen LogP contribution in [0.25, 0.3) is 5.57 Å². The number of methoxy groups -OCH3 is 4. The number of allylic oxidation sites excluding steroid dienone is 1. The van der Waals surface area contributed by atoms with Crippen LogP contribution in [0.3, 0.4) is 0 Å². The van der Waals surface area contributed by atoms with E-state index in [1.165, 1.54) is 0 Å². The van der Waals surface area contributed by atoms with Gasteiger partial charge in [-0.1, -0.05) is 18.2 Å². The second kappa shape index (κ2) is 6.35. The number of fused-ring (bicyclic) bond motifs is 1. The lowest BCUT2D eigenvalue weighted by atomic mass is 9.97. The molecular weight excluding hydrogens is 308 g/mol. The van der Waals surface area contributed by atoms with Crippen LogP contribution in [0, 0.1) is 0 Å². The molecule has 0 aromatic heterocycles. The van der Waals surface area contributed by atoms with Crippen molar-refractivity contribution in [2.24, 2.45) is 0 Å². The molecule has 24 heavy (non-hydrogen) atoms. The van der Waals surface area contributed by atoms with Gasteiger partial charge in [-0.3, -0.25) is 0 Å². The standard InChI is InChI=1S/C19H20O5/c1-21-16-10-14-11(12-6-5-7-15(20)17(12)22-2)8-9-13(14)18(23-3)19(16)24-4/h5-8,10,20H,9H2,1-4H3. The summed E-state index contributed by atoms with van der Waals surface area (Å²) in [7, 11) is 6.35. The summed E-state index contributed by atoms with van der Waals surface area (Å²) >= 11 is 0. The first-order valence-electron chi connectivity index (χ1n) is 7.54. The Morgan fingerprint density at radius 2 is 1.54 bits per heavy atom. The number of benzene rings is 2. The molecule has 0 aliphatic heterocycles.